The van der Waals surface area contributed by atoms with E-state index in [0.29, 0.717) is 12.5 Å². The van der Waals surface area contributed by atoms with Gasteiger partial charge in [0.25, 0.3) is 0 Å². The molecule has 1 aliphatic rings. The molecule has 1 aromatic heterocycles. The van der Waals surface area contributed by atoms with E-state index in [1.807, 2.05) is 48.5 Å². The molecule has 0 aliphatic heterocycles. The van der Waals surface area contributed by atoms with Crippen LogP contribution in [-0.2, 0) is 43.5 Å². The second-order valence-corrected chi connectivity index (χ2v) is 7.91. The normalized spacial score (nSPS) is 15.4. The van der Waals surface area contributed by atoms with Crippen molar-refractivity contribution in [2.24, 2.45) is 0 Å². The summed E-state index contributed by atoms with van der Waals surface area (Å²) < 4.78 is 46.1. The molecule has 0 bridgehead atoms. The maximum Gasteiger partial charge on any atom is 0.435 e. The Morgan fingerprint density at radius 1 is 1.12 bits per heavy atom. The van der Waals surface area contributed by atoms with Crippen molar-refractivity contribution in [2.45, 2.75) is 44.8 Å². The lowest BCUT2D eigenvalue weighted by Crippen LogP contribution is -2.29. The summed E-state index contributed by atoms with van der Waals surface area (Å²) in [5.41, 5.74) is 2.98. The molecule has 0 amide bonds. The van der Waals surface area contributed by atoms with Gasteiger partial charge in [-0.3, -0.25) is 4.68 Å². The van der Waals surface area contributed by atoms with Gasteiger partial charge in [0.2, 0.25) is 0 Å². The molecule has 4 rings (SSSR count). The molecular formula is C24H24F3N3O2. The Balaban J connectivity index is 1.36. The van der Waals surface area contributed by atoms with E-state index in [1.54, 1.807) is 0 Å². The van der Waals surface area contributed by atoms with E-state index in [4.69, 9.17) is 4.74 Å². The van der Waals surface area contributed by atoms with Crippen molar-refractivity contribution in [3.05, 3.63) is 101 Å². The molecule has 2 N–H and O–H groups in total. The molecule has 32 heavy (non-hydrogen) atoms. The van der Waals surface area contributed by atoms with Gasteiger partial charge in [-0.15, -0.1) is 0 Å². The van der Waals surface area contributed by atoms with E-state index in [-0.39, 0.29) is 18.2 Å². The van der Waals surface area contributed by atoms with E-state index < -0.39 is 18.5 Å². The largest absolute Gasteiger partial charge is 0.475 e. The van der Waals surface area contributed by atoms with Gasteiger partial charge in [-0.2, -0.15) is 18.3 Å². The number of alkyl halides is 3. The van der Waals surface area contributed by atoms with E-state index in [0.717, 1.165) is 29.5 Å². The molecule has 0 saturated carbocycles. The second kappa shape index (κ2) is 9.08. The summed E-state index contributed by atoms with van der Waals surface area (Å²) >= 11 is 0. The lowest BCUT2D eigenvalue weighted by Gasteiger charge is -2.16. The van der Waals surface area contributed by atoms with Crippen LogP contribution in [0.15, 0.2) is 67.2 Å². The van der Waals surface area contributed by atoms with Crippen LogP contribution in [0.25, 0.3) is 0 Å². The zero-order chi connectivity index (χ0) is 22.7. The summed E-state index contributed by atoms with van der Waals surface area (Å²) in [5, 5.41) is 16.2. The average Bonchev–Trinajstić information content (AvgIpc) is 3.36. The first-order valence-corrected chi connectivity index (χ1v) is 10.3. The van der Waals surface area contributed by atoms with Gasteiger partial charge < -0.3 is 15.2 Å². The summed E-state index contributed by atoms with van der Waals surface area (Å²) in [6.07, 6.45) is -1.76. The van der Waals surface area contributed by atoms with Gasteiger partial charge >= 0.3 is 6.18 Å². The number of nitrogens with one attached hydrogen (secondary N) is 1. The Labute approximate surface area is 184 Å². The summed E-state index contributed by atoms with van der Waals surface area (Å²) in [4.78, 5) is 0. The Morgan fingerprint density at radius 2 is 1.88 bits per heavy atom. The molecule has 1 aliphatic carbocycles. The number of benzene rings is 2. The van der Waals surface area contributed by atoms with Gasteiger partial charge in [0.05, 0.1) is 13.2 Å². The van der Waals surface area contributed by atoms with Crippen LogP contribution in [0.3, 0.4) is 0 Å². The molecule has 0 spiro atoms. The number of hydrogen-bond acceptors (Lipinski definition) is 4. The first-order valence-electron chi connectivity index (χ1n) is 10.3. The molecule has 0 fully saturated rings. The number of halogens is 3. The summed E-state index contributed by atoms with van der Waals surface area (Å²) in [7, 11) is 0. The summed E-state index contributed by atoms with van der Waals surface area (Å²) in [5.74, 6) is 0.514. The lowest BCUT2D eigenvalue weighted by molar-refractivity contribution is -0.142. The average molecular weight is 443 g/mol. The molecule has 3 aromatic rings. The van der Waals surface area contributed by atoms with Gasteiger partial charge in [-0.05, 0) is 41.7 Å². The molecule has 2 aromatic carbocycles. The highest BCUT2D eigenvalue weighted by atomic mass is 19.4. The van der Waals surface area contributed by atoms with E-state index in [2.05, 4.69) is 17.0 Å². The van der Waals surface area contributed by atoms with E-state index >= 15 is 0 Å². The van der Waals surface area contributed by atoms with Crippen LogP contribution in [0.5, 0.6) is 0 Å². The second-order valence-electron chi connectivity index (χ2n) is 7.91. The predicted octanol–water partition coefficient (Wildman–Crippen LogP) is 4.19. The van der Waals surface area contributed by atoms with Crippen molar-refractivity contribution in [3.8, 4) is 0 Å². The van der Waals surface area contributed by atoms with Gasteiger partial charge in [0.15, 0.2) is 11.6 Å². The van der Waals surface area contributed by atoms with Crippen molar-refractivity contribution in [1.29, 1.82) is 0 Å². The highest BCUT2D eigenvalue weighted by Gasteiger charge is 2.37. The smallest absolute Gasteiger partial charge is 0.435 e. The quantitative estimate of drug-likeness (QED) is 0.513. The van der Waals surface area contributed by atoms with Crippen molar-refractivity contribution in [1.82, 2.24) is 15.1 Å². The highest BCUT2D eigenvalue weighted by Crippen LogP contribution is 2.31. The lowest BCUT2D eigenvalue weighted by atomic mass is 10.1. The SMILES string of the molecule is C=C(N[C@H]1Cc2ccc(Cn3cc(CO)c(C(F)(F)F)n3)cc2C1)OCc1ccccc1. The number of nitrogens with zero attached hydrogens (tertiary/aromatic N) is 2. The predicted molar refractivity (Wildman–Crippen MR) is 113 cm³/mol. The van der Waals surface area contributed by atoms with Crippen LogP contribution in [0.2, 0.25) is 0 Å². The van der Waals surface area contributed by atoms with Crippen LogP contribution in [-0.4, -0.2) is 20.9 Å². The van der Waals surface area contributed by atoms with Crippen LogP contribution < -0.4 is 5.32 Å². The molecule has 1 heterocycles. The van der Waals surface area contributed by atoms with E-state index in [9.17, 15) is 18.3 Å². The molecule has 1 atom stereocenters. The zero-order valence-corrected chi connectivity index (χ0v) is 17.4. The van der Waals surface area contributed by atoms with Crippen molar-refractivity contribution in [3.63, 3.8) is 0 Å². The number of aromatic nitrogens is 2. The van der Waals surface area contributed by atoms with Crippen molar-refractivity contribution in [2.75, 3.05) is 0 Å². The monoisotopic (exact) mass is 443 g/mol. The Bertz CT molecular complexity index is 1090. The topological polar surface area (TPSA) is 59.3 Å². The van der Waals surface area contributed by atoms with Crippen molar-refractivity contribution >= 4 is 0 Å². The molecule has 168 valence electrons. The molecular weight excluding hydrogens is 419 g/mol. The van der Waals surface area contributed by atoms with Crippen LogP contribution in [0.1, 0.15) is 33.5 Å². The maximum atomic E-state index is 13.1. The number of hydrogen-bond donors (Lipinski definition) is 2. The Hall–Kier alpha value is -3.26. The molecule has 0 unspecified atom stereocenters. The highest BCUT2D eigenvalue weighted by molar-refractivity contribution is 5.37. The zero-order valence-electron chi connectivity index (χ0n) is 17.4. The first-order chi connectivity index (χ1) is 15.3. The number of rotatable bonds is 8. The minimum atomic E-state index is -4.59. The third kappa shape index (κ3) is 5.13. The molecule has 5 nitrogen and oxygen atoms in total. The number of aliphatic hydroxyl groups excluding tert-OH is 1. The Morgan fingerprint density at radius 3 is 2.56 bits per heavy atom. The molecule has 0 radical (unpaired) electrons. The number of aliphatic hydroxyl groups is 1. The fourth-order valence-corrected chi connectivity index (χ4v) is 3.97. The van der Waals surface area contributed by atoms with Crippen LogP contribution in [0, 0.1) is 0 Å². The van der Waals surface area contributed by atoms with Crippen LogP contribution >= 0.6 is 0 Å². The fourth-order valence-electron chi connectivity index (χ4n) is 3.97. The van der Waals surface area contributed by atoms with Gasteiger partial charge in [-0.1, -0.05) is 48.5 Å². The molecule has 8 heteroatoms. The number of ether oxygens (including phenoxy) is 1. The standard InChI is InChI=1S/C24H24F3N3O2/c1-16(32-15-17-5-3-2-4-6-17)28-22-10-19-8-7-18(9-20(19)11-22)12-30-13-21(14-31)23(29-30)24(25,26)27/h2-9,13,22,28,31H,1,10-12,14-15H2/t22-/m0/s1. The minimum Gasteiger partial charge on any atom is -0.475 e. The molecule has 0 saturated heterocycles. The summed E-state index contributed by atoms with van der Waals surface area (Å²) in [6.45, 7) is 3.88. The Kier molecular flexibility index (Phi) is 6.23. The minimum absolute atomic E-state index is 0.144. The van der Waals surface area contributed by atoms with Gasteiger partial charge in [-0.25, -0.2) is 0 Å². The van der Waals surface area contributed by atoms with Crippen LogP contribution in [0.4, 0.5) is 13.2 Å². The van der Waals surface area contributed by atoms with E-state index in [1.165, 1.54) is 16.4 Å². The summed E-state index contributed by atoms with van der Waals surface area (Å²) in [6, 6.07) is 15.9. The third-order valence-corrected chi connectivity index (χ3v) is 5.45. The first kappa shape index (κ1) is 22.0. The third-order valence-electron chi connectivity index (χ3n) is 5.45. The van der Waals surface area contributed by atoms with Gasteiger partial charge in [0, 0.05) is 17.8 Å². The van der Waals surface area contributed by atoms with Crippen molar-refractivity contribution < 1.29 is 23.0 Å². The number of fused-ring (bicyclic) bond motifs is 1. The fraction of sp³-hybridized carbons (Fsp3) is 0.292. The maximum absolute atomic E-state index is 13.1. The van der Waals surface area contributed by atoms with Gasteiger partial charge in [0.1, 0.15) is 6.61 Å².